The van der Waals surface area contributed by atoms with Crippen LogP contribution >= 0.6 is 0 Å². The molecule has 0 aliphatic rings. The number of hydrogen-bond acceptors (Lipinski definition) is 5. The number of methoxy groups -OCH3 is 1. The summed E-state index contributed by atoms with van der Waals surface area (Å²) in [6, 6.07) is 13.6. The van der Waals surface area contributed by atoms with Crippen molar-refractivity contribution in [3.8, 4) is 5.75 Å². The fourth-order valence-electron chi connectivity index (χ4n) is 3.07. The third-order valence-corrected chi connectivity index (χ3v) is 4.21. The first kappa shape index (κ1) is 22.5. The lowest BCUT2D eigenvalue weighted by atomic mass is 10.1. The Balaban J connectivity index is 0.00000145. The van der Waals surface area contributed by atoms with Crippen LogP contribution in [0.25, 0.3) is 11.0 Å². The van der Waals surface area contributed by atoms with Gasteiger partial charge in [0.25, 0.3) is 0 Å². The molecule has 0 aliphatic heterocycles. The average molecular weight is 398 g/mol. The van der Waals surface area contributed by atoms with Crippen LogP contribution in [-0.4, -0.2) is 19.7 Å². The Hall–Kier alpha value is -2.79. The molecule has 0 saturated heterocycles. The summed E-state index contributed by atoms with van der Waals surface area (Å²) in [5.41, 5.74) is 3.77. The van der Waals surface area contributed by atoms with Crippen molar-refractivity contribution in [2.75, 3.05) is 13.7 Å². The number of furan rings is 1. The molecule has 5 nitrogen and oxygen atoms in total. The van der Waals surface area contributed by atoms with Crippen LogP contribution in [0.5, 0.6) is 5.75 Å². The molecule has 0 spiro atoms. The monoisotopic (exact) mass is 398 g/mol. The predicted octanol–water partition coefficient (Wildman–Crippen LogP) is 5.60. The quantitative estimate of drug-likeness (QED) is 0.462. The Labute approximate surface area is 172 Å². The molecule has 0 aliphatic carbocycles. The fraction of sp³-hybridized carbons (Fsp3) is 0.375. The van der Waals surface area contributed by atoms with E-state index in [1.165, 1.54) is 0 Å². The standard InChI is InChI=1S/C22H24O5.C2H6/c1-4-25-21(23)12-17-7-5-6-8-20(17)26-13-16-9-15(2)22-18(10-16)11-19(27-22)14-24-3;1-2/h5-11H,4,12-14H2,1-3H3;1-2H3. The second-order valence-electron chi connectivity index (χ2n) is 6.35. The number of fused-ring (bicyclic) bond motifs is 1. The Kier molecular flexibility index (Phi) is 8.74. The number of esters is 1. The Morgan fingerprint density at radius 1 is 1.07 bits per heavy atom. The van der Waals surface area contributed by atoms with Gasteiger partial charge >= 0.3 is 5.97 Å². The van der Waals surface area contributed by atoms with E-state index in [-0.39, 0.29) is 12.4 Å². The molecule has 0 atom stereocenters. The molecule has 0 bridgehead atoms. The summed E-state index contributed by atoms with van der Waals surface area (Å²) in [5, 5.41) is 1.03. The van der Waals surface area contributed by atoms with Gasteiger partial charge in [0.05, 0.1) is 13.0 Å². The van der Waals surface area contributed by atoms with Gasteiger partial charge in [-0.1, -0.05) is 32.0 Å². The van der Waals surface area contributed by atoms with Gasteiger partial charge in [-0.05, 0) is 49.2 Å². The van der Waals surface area contributed by atoms with E-state index < -0.39 is 0 Å². The van der Waals surface area contributed by atoms with Crippen molar-refractivity contribution in [1.82, 2.24) is 0 Å². The smallest absolute Gasteiger partial charge is 0.310 e. The third kappa shape index (κ3) is 6.09. The molecule has 29 heavy (non-hydrogen) atoms. The van der Waals surface area contributed by atoms with Crippen molar-refractivity contribution in [2.45, 2.75) is 47.3 Å². The largest absolute Gasteiger partial charge is 0.489 e. The first-order valence-corrected chi connectivity index (χ1v) is 9.98. The lowest BCUT2D eigenvalue weighted by Crippen LogP contribution is -2.09. The number of benzene rings is 2. The molecule has 2 aromatic carbocycles. The zero-order valence-corrected chi connectivity index (χ0v) is 17.9. The van der Waals surface area contributed by atoms with Gasteiger partial charge in [-0.25, -0.2) is 0 Å². The van der Waals surface area contributed by atoms with Crippen LogP contribution in [0.3, 0.4) is 0 Å². The molecule has 156 valence electrons. The number of rotatable bonds is 8. The zero-order chi connectivity index (χ0) is 21.2. The maximum absolute atomic E-state index is 11.8. The van der Waals surface area contributed by atoms with Crippen LogP contribution in [0.2, 0.25) is 0 Å². The molecule has 3 aromatic rings. The Bertz CT molecular complexity index is 926. The topological polar surface area (TPSA) is 57.9 Å². The minimum absolute atomic E-state index is 0.199. The molecule has 0 N–H and O–H groups in total. The van der Waals surface area contributed by atoms with Gasteiger partial charge in [-0.2, -0.15) is 0 Å². The summed E-state index contributed by atoms with van der Waals surface area (Å²) in [4.78, 5) is 11.8. The fourth-order valence-corrected chi connectivity index (χ4v) is 3.07. The zero-order valence-electron chi connectivity index (χ0n) is 17.9. The van der Waals surface area contributed by atoms with Gasteiger partial charge in [0.1, 0.15) is 30.3 Å². The van der Waals surface area contributed by atoms with Crippen molar-refractivity contribution < 1.29 is 23.4 Å². The van der Waals surface area contributed by atoms with Crippen LogP contribution in [0, 0.1) is 6.92 Å². The lowest BCUT2D eigenvalue weighted by Gasteiger charge is -2.12. The van der Waals surface area contributed by atoms with E-state index in [0.29, 0.717) is 25.6 Å². The molecule has 0 unspecified atom stereocenters. The molecule has 0 radical (unpaired) electrons. The van der Waals surface area contributed by atoms with Gasteiger partial charge in [0, 0.05) is 18.1 Å². The highest BCUT2D eigenvalue weighted by Crippen LogP contribution is 2.26. The van der Waals surface area contributed by atoms with Crippen molar-refractivity contribution in [3.05, 3.63) is 64.9 Å². The first-order valence-electron chi connectivity index (χ1n) is 9.98. The highest BCUT2D eigenvalue weighted by Gasteiger charge is 2.11. The summed E-state index contributed by atoms with van der Waals surface area (Å²) >= 11 is 0. The van der Waals surface area contributed by atoms with Crippen LogP contribution in [0.15, 0.2) is 46.9 Å². The second-order valence-corrected chi connectivity index (χ2v) is 6.35. The van der Waals surface area contributed by atoms with Gasteiger partial charge in [0.2, 0.25) is 0 Å². The maximum atomic E-state index is 11.8. The summed E-state index contributed by atoms with van der Waals surface area (Å²) in [7, 11) is 1.65. The molecule has 0 fully saturated rings. The molecule has 0 saturated carbocycles. The van der Waals surface area contributed by atoms with Gasteiger partial charge in [0.15, 0.2) is 0 Å². The van der Waals surface area contributed by atoms with Crippen molar-refractivity contribution in [3.63, 3.8) is 0 Å². The molecule has 5 heteroatoms. The average Bonchev–Trinajstić information content (AvgIpc) is 3.12. The normalized spacial score (nSPS) is 10.4. The number of ether oxygens (including phenoxy) is 3. The highest BCUT2D eigenvalue weighted by atomic mass is 16.5. The van der Waals surface area contributed by atoms with Gasteiger partial charge < -0.3 is 18.6 Å². The Morgan fingerprint density at radius 3 is 2.55 bits per heavy atom. The van der Waals surface area contributed by atoms with Crippen LogP contribution in [-0.2, 0) is 33.9 Å². The van der Waals surface area contributed by atoms with Crippen LogP contribution in [0.1, 0.15) is 43.2 Å². The predicted molar refractivity (Wildman–Crippen MR) is 114 cm³/mol. The van der Waals surface area contributed by atoms with Crippen molar-refractivity contribution in [1.29, 1.82) is 0 Å². The van der Waals surface area contributed by atoms with E-state index in [4.69, 9.17) is 18.6 Å². The van der Waals surface area contributed by atoms with E-state index in [9.17, 15) is 4.79 Å². The van der Waals surface area contributed by atoms with E-state index in [0.717, 1.165) is 33.4 Å². The third-order valence-electron chi connectivity index (χ3n) is 4.21. The highest BCUT2D eigenvalue weighted by molar-refractivity contribution is 5.82. The minimum atomic E-state index is -0.255. The maximum Gasteiger partial charge on any atom is 0.310 e. The number of aryl methyl sites for hydroxylation is 1. The first-order chi connectivity index (χ1) is 14.1. The SMILES string of the molecule is CC.CCOC(=O)Cc1ccccc1OCc1cc(C)c2oc(COC)cc2c1. The van der Waals surface area contributed by atoms with Crippen LogP contribution < -0.4 is 4.74 Å². The van der Waals surface area contributed by atoms with E-state index in [2.05, 4.69) is 12.1 Å². The van der Waals surface area contributed by atoms with E-state index in [1.807, 2.05) is 51.1 Å². The molecular formula is C24H30O5. The van der Waals surface area contributed by atoms with E-state index in [1.54, 1.807) is 14.0 Å². The molecule has 3 rings (SSSR count). The lowest BCUT2D eigenvalue weighted by molar-refractivity contribution is -0.142. The molecular weight excluding hydrogens is 368 g/mol. The number of para-hydroxylation sites is 1. The number of carbonyl (C=O) groups is 1. The van der Waals surface area contributed by atoms with Gasteiger partial charge in [-0.15, -0.1) is 0 Å². The second kappa shape index (κ2) is 11.3. The summed E-state index contributed by atoms with van der Waals surface area (Å²) in [6.45, 7) is 9.03. The number of carbonyl (C=O) groups excluding carboxylic acids is 1. The molecule has 1 aromatic heterocycles. The van der Waals surface area contributed by atoms with Crippen molar-refractivity contribution in [2.24, 2.45) is 0 Å². The van der Waals surface area contributed by atoms with Crippen molar-refractivity contribution >= 4 is 16.9 Å². The summed E-state index contributed by atoms with van der Waals surface area (Å²) in [6.07, 6.45) is 0.199. The molecule has 1 heterocycles. The number of hydrogen-bond donors (Lipinski definition) is 0. The summed E-state index contributed by atoms with van der Waals surface area (Å²) < 4.78 is 22.0. The Morgan fingerprint density at radius 2 is 1.83 bits per heavy atom. The minimum Gasteiger partial charge on any atom is -0.489 e. The summed E-state index contributed by atoms with van der Waals surface area (Å²) in [5.74, 6) is 1.24. The van der Waals surface area contributed by atoms with E-state index >= 15 is 0 Å². The van der Waals surface area contributed by atoms with Crippen LogP contribution in [0.4, 0.5) is 0 Å². The molecule has 0 amide bonds. The van der Waals surface area contributed by atoms with Gasteiger partial charge in [-0.3, -0.25) is 4.79 Å².